The first kappa shape index (κ1) is 23.2. The minimum absolute atomic E-state index is 0.0951. The first-order chi connectivity index (χ1) is 21.3. The Bertz CT molecular complexity index is 1730. The summed E-state index contributed by atoms with van der Waals surface area (Å²) in [5.74, 6) is 3.60. The summed E-state index contributed by atoms with van der Waals surface area (Å²) in [6.45, 7) is 2.54. The van der Waals surface area contributed by atoms with Crippen LogP contribution in [0.25, 0.3) is 0 Å². The van der Waals surface area contributed by atoms with E-state index in [4.69, 9.17) is 18.9 Å². The normalized spacial score (nSPS) is 31.4. The van der Waals surface area contributed by atoms with Crippen molar-refractivity contribution in [2.75, 3.05) is 26.4 Å². The van der Waals surface area contributed by atoms with Gasteiger partial charge in [0.25, 0.3) is 0 Å². The Hall–Kier alpha value is -3.25. The Kier molecular flexibility index (Phi) is 4.24. The Labute approximate surface area is 257 Å². The van der Waals surface area contributed by atoms with Crippen LogP contribution < -0.4 is 0 Å². The summed E-state index contributed by atoms with van der Waals surface area (Å²) in [6, 6.07) is 13.4. The molecule has 8 aliphatic heterocycles. The van der Waals surface area contributed by atoms with Crippen molar-refractivity contribution in [3.63, 3.8) is 0 Å². The standard InChI is InChI=1S/C34H30N4O4.Pt/c1-3-7-23-19(5-1)9-21-11-25(23)29-15-41-33-34-38(18-37(29)33)30(16-42-34)26-12-22(10-20-6-2-4-8-24(20)26)28-14-40-32-31-35(17-36(28)32)27(21)13-39-31;/h9-10,27-30H,1-8,13-16H2;/q-2;. The fraction of sp³-hybridized carbons (Fsp3) is 0.471. The zero-order valence-corrected chi connectivity index (χ0v) is 26.0. The van der Waals surface area contributed by atoms with E-state index in [1.54, 1.807) is 0 Å². The second-order valence-corrected chi connectivity index (χ2v) is 15.9. The van der Waals surface area contributed by atoms with Gasteiger partial charge >= 0.3 is 259 Å². The van der Waals surface area contributed by atoms with Gasteiger partial charge in [0.1, 0.15) is 0 Å². The van der Waals surface area contributed by atoms with Crippen molar-refractivity contribution in [3.8, 4) is 0 Å². The molecule has 0 N–H and O–H groups in total. The zero-order chi connectivity index (χ0) is 27.6. The fourth-order valence-corrected chi connectivity index (χ4v) is 13.1. The van der Waals surface area contributed by atoms with Gasteiger partial charge < -0.3 is 0 Å². The summed E-state index contributed by atoms with van der Waals surface area (Å²) in [7, 11) is 0. The van der Waals surface area contributed by atoms with Gasteiger partial charge in [0.2, 0.25) is 0 Å². The molecule has 0 amide bonds. The summed E-state index contributed by atoms with van der Waals surface area (Å²) in [6.07, 6.45) is 9.51. The zero-order valence-electron chi connectivity index (χ0n) is 23.7. The van der Waals surface area contributed by atoms with Gasteiger partial charge in [-0.25, -0.2) is 0 Å². The van der Waals surface area contributed by atoms with Crippen LogP contribution in [0.15, 0.2) is 35.7 Å². The quantitative estimate of drug-likeness (QED) is 0.378. The Morgan fingerprint density at radius 3 is 1.40 bits per heavy atom. The molecule has 9 heteroatoms. The molecule has 10 aliphatic rings. The van der Waals surface area contributed by atoms with Crippen LogP contribution in [0.1, 0.15) is 94.4 Å². The molecule has 6 bridgehead atoms. The van der Waals surface area contributed by atoms with Crippen molar-refractivity contribution in [1.29, 1.82) is 0 Å². The molecule has 0 aromatic heterocycles. The monoisotopic (exact) mass is 753 g/mol. The van der Waals surface area contributed by atoms with Crippen molar-refractivity contribution in [2.24, 2.45) is 0 Å². The van der Waals surface area contributed by atoms with Gasteiger partial charge in [-0.3, -0.25) is 0 Å². The molecule has 222 valence electrons. The Morgan fingerprint density at radius 2 is 0.930 bits per heavy atom. The van der Waals surface area contributed by atoms with E-state index in [2.05, 4.69) is 43.9 Å². The molecule has 2 aliphatic carbocycles. The molecular weight excluding hydrogens is 723 g/mol. The molecule has 4 fully saturated rings. The number of nitrogens with zero attached hydrogens (tertiary/aromatic N) is 4. The molecule has 0 spiro atoms. The van der Waals surface area contributed by atoms with Crippen LogP contribution in [-0.4, -0.2) is 54.3 Å². The molecule has 8 heterocycles. The Morgan fingerprint density at radius 1 is 0.535 bits per heavy atom. The molecule has 12 rings (SSSR count). The van der Waals surface area contributed by atoms with E-state index in [-0.39, 0.29) is 24.2 Å². The molecule has 4 atom stereocenters. The molecular formula is C34H30N4O4Pt-2. The van der Waals surface area contributed by atoms with Crippen LogP contribution >= 0.6 is 0 Å². The van der Waals surface area contributed by atoms with Gasteiger partial charge in [-0.15, -0.1) is 0 Å². The van der Waals surface area contributed by atoms with Crippen molar-refractivity contribution >= 4 is 8.29 Å². The van der Waals surface area contributed by atoms with Crippen LogP contribution in [0, 0.1) is 12.1 Å². The van der Waals surface area contributed by atoms with Crippen LogP contribution in [0.4, 0.5) is 0 Å². The first-order valence-corrected chi connectivity index (χ1v) is 18.2. The van der Waals surface area contributed by atoms with Gasteiger partial charge in [-0.2, -0.15) is 0 Å². The number of ether oxygens (including phenoxy) is 4. The Balaban J connectivity index is 1.19. The third-order valence-corrected chi connectivity index (χ3v) is 14.4. The maximum absolute atomic E-state index is 6.66. The van der Waals surface area contributed by atoms with Gasteiger partial charge in [-0.05, 0) is 0 Å². The van der Waals surface area contributed by atoms with Crippen LogP contribution in [-0.2, 0) is 62.3 Å². The fourth-order valence-electron chi connectivity index (χ4n) is 9.18. The molecule has 0 radical (unpaired) electrons. The molecule has 4 saturated heterocycles. The number of benzene rings is 2. The molecule has 8 nitrogen and oxygen atoms in total. The van der Waals surface area contributed by atoms with Gasteiger partial charge in [-0.1, -0.05) is 0 Å². The second-order valence-electron chi connectivity index (χ2n) is 13.3. The first-order valence-electron chi connectivity index (χ1n) is 16.0. The van der Waals surface area contributed by atoms with Crippen LogP contribution in [0.5, 0.6) is 0 Å². The van der Waals surface area contributed by atoms with E-state index >= 15 is 0 Å². The third kappa shape index (κ3) is 2.72. The van der Waals surface area contributed by atoms with Gasteiger partial charge in [0, 0.05) is 0 Å². The third-order valence-electron chi connectivity index (χ3n) is 11.1. The van der Waals surface area contributed by atoms with E-state index in [9.17, 15) is 0 Å². The van der Waals surface area contributed by atoms with E-state index in [1.165, 1.54) is 78.5 Å². The summed E-state index contributed by atoms with van der Waals surface area (Å²) < 4.78 is 29.2. The number of aryl methyl sites for hydroxylation is 2. The van der Waals surface area contributed by atoms with E-state index < -0.39 is 17.6 Å². The van der Waals surface area contributed by atoms with Crippen LogP contribution in [0.3, 0.4) is 0 Å². The average Bonchev–Trinajstić information content (AvgIpc) is 3.87. The predicted octanol–water partition coefficient (Wildman–Crippen LogP) is 3.80. The van der Waals surface area contributed by atoms with Gasteiger partial charge in [0.05, 0.1) is 0 Å². The molecule has 2 aromatic carbocycles. The number of hydrogen-bond donors (Lipinski definition) is 0. The molecule has 2 aromatic rings. The summed E-state index contributed by atoms with van der Waals surface area (Å²) >= 11 is -0.700. The van der Waals surface area contributed by atoms with Crippen molar-refractivity contribution in [1.82, 2.24) is 19.6 Å². The van der Waals surface area contributed by atoms with E-state index in [0.29, 0.717) is 26.4 Å². The summed E-state index contributed by atoms with van der Waals surface area (Å²) in [5.41, 5.74) is 11.2. The predicted molar refractivity (Wildman–Crippen MR) is 150 cm³/mol. The van der Waals surface area contributed by atoms with Gasteiger partial charge in [0.15, 0.2) is 0 Å². The maximum atomic E-state index is 6.66. The summed E-state index contributed by atoms with van der Waals surface area (Å²) in [4.78, 5) is 10.1. The number of hydrogen-bond acceptors (Lipinski definition) is 8. The van der Waals surface area contributed by atoms with Crippen molar-refractivity contribution in [3.05, 3.63) is 92.3 Å². The topological polar surface area (TPSA) is 49.9 Å². The van der Waals surface area contributed by atoms with E-state index in [1.807, 2.05) is 0 Å². The number of rotatable bonds is 0. The minimum atomic E-state index is -0.700. The van der Waals surface area contributed by atoms with Crippen LogP contribution in [0.2, 0.25) is 0 Å². The molecule has 4 unspecified atom stereocenters. The summed E-state index contributed by atoms with van der Waals surface area (Å²) in [5, 5.41) is 0. The average molecular weight is 754 g/mol. The SMILES string of the molecule is [c-]1c2cc3c(c1C1COC4=C5OCC6c7[c-]c(cc8c7CCCC8)C7COC8=C9OCC2N9[C](=[Pt]=[C](N41)N56)N87)CCCC3. The van der Waals surface area contributed by atoms with Crippen molar-refractivity contribution in [2.45, 2.75) is 75.5 Å². The second kappa shape index (κ2) is 7.87. The molecule has 43 heavy (non-hydrogen) atoms. The van der Waals surface area contributed by atoms with Crippen molar-refractivity contribution < 1.29 is 36.6 Å². The number of fused-ring (bicyclic) bond motifs is 12. The molecule has 0 saturated carbocycles. The van der Waals surface area contributed by atoms with E-state index in [0.717, 1.165) is 49.2 Å².